The summed E-state index contributed by atoms with van der Waals surface area (Å²) in [6.45, 7) is 0.776. The fourth-order valence-electron chi connectivity index (χ4n) is 3.08. The van der Waals surface area contributed by atoms with Gasteiger partial charge in [-0.2, -0.15) is 0 Å². The highest BCUT2D eigenvalue weighted by molar-refractivity contribution is 7.07. The maximum absolute atomic E-state index is 11.9. The lowest BCUT2D eigenvalue weighted by Gasteiger charge is -2.28. The van der Waals surface area contributed by atoms with Crippen LogP contribution in [0.4, 0.5) is 0 Å². The van der Waals surface area contributed by atoms with Crippen molar-refractivity contribution < 1.29 is 4.79 Å². The Hall–Kier alpha value is -1.68. The Morgan fingerprint density at radius 3 is 2.62 bits per heavy atom. The van der Waals surface area contributed by atoms with Gasteiger partial charge in [0, 0.05) is 11.9 Å². The Kier molecular flexibility index (Phi) is 4.65. The quantitative estimate of drug-likeness (QED) is 0.932. The minimum Gasteiger partial charge on any atom is -0.350 e. The number of carbonyl (C=O) groups is 1. The first-order valence-corrected chi connectivity index (χ1v) is 8.48. The maximum atomic E-state index is 11.9. The van der Waals surface area contributed by atoms with Crippen LogP contribution in [0.3, 0.4) is 0 Å². The molecule has 110 valence electrons. The molecule has 0 radical (unpaired) electrons. The van der Waals surface area contributed by atoms with Crippen LogP contribution in [0.15, 0.2) is 41.2 Å². The number of nitrogens with one attached hydrogen (secondary N) is 1. The van der Waals surface area contributed by atoms with E-state index in [4.69, 9.17) is 0 Å². The summed E-state index contributed by atoms with van der Waals surface area (Å²) in [5.74, 6) is 1.26. The number of thiazole rings is 1. The third-order valence-corrected chi connectivity index (χ3v) is 4.92. The first-order chi connectivity index (χ1) is 10.3. The highest BCUT2D eigenvalue weighted by Gasteiger charge is 2.22. The van der Waals surface area contributed by atoms with Crippen LogP contribution in [0.1, 0.15) is 47.7 Å². The molecule has 0 aliphatic heterocycles. The molecular weight excluding hydrogens is 280 g/mol. The van der Waals surface area contributed by atoms with E-state index in [0.717, 1.165) is 6.54 Å². The van der Waals surface area contributed by atoms with E-state index in [1.165, 1.54) is 42.6 Å². The van der Waals surface area contributed by atoms with Gasteiger partial charge in [-0.05, 0) is 43.1 Å². The summed E-state index contributed by atoms with van der Waals surface area (Å²) >= 11 is 1.46. The van der Waals surface area contributed by atoms with E-state index >= 15 is 0 Å². The van der Waals surface area contributed by atoms with E-state index in [-0.39, 0.29) is 5.91 Å². The summed E-state index contributed by atoms with van der Waals surface area (Å²) in [7, 11) is 0. The van der Waals surface area contributed by atoms with Gasteiger partial charge >= 0.3 is 0 Å². The van der Waals surface area contributed by atoms with Crippen molar-refractivity contribution >= 4 is 17.2 Å². The molecular formula is C17H20N2OS. The molecule has 1 N–H and O–H groups in total. The first-order valence-electron chi connectivity index (χ1n) is 7.54. The van der Waals surface area contributed by atoms with Crippen LogP contribution in [0.2, 0.25) is 0 Å². The van der Waals surface area contributed by atoms with Gasteiger partial charge in [0.15, 0.2) is 0 Å². The van der Waals surface area contributed by atoms with Gasteiger partial charge < -0.3 is 5.32 Å². The average molecular weight is 300 g/mol. The van der Waals surface area contributed by atoms with Gasteiger partial charge in [-0.1, -0.05) is 30.3 Å². The number of benzene rings is 1. The second-order valence-corrected chi connectivity index (χ2v) is 6.43. The topological polar surface area (TPSA) is 42.0 Å². The summed E-state index contributed by atoms with van der Waals surface area (Å²) in [5, 5.41) is 4.81. The van der Waals surface area contributed by atoms with Gasteiger partial charge in [0.2, 0.25) is 0 Å². The van der Waals surface area contributed by atoms with Crippen molar-refractivity contribution in [2.75, 3.05) is 6.54 Å². The number of hydrogen-bond acceptors (Lipinski definition) is 3. The van der Waals surface area contributed by atoms with E-state index in [1.54, 1.807) is 10.9 Å². The smallest absolute Gasteiger partial charge is 0.270 e. The average Bonchev–Trinajstić information content (AvgIpc) is 3.08. The molecule has 0 atom stereocenters. The van der Waals surface area contributed by atoms with Crippen molar-refractivity contribution in [1.82, 2.24) is 10.3 Å². The lowest BCUT2D eigenvalue weighted by Crippen LogP contribution is -2.31. The molecule has 2 aromatic rings. The molecule has 1 aromatic carbocycles. The van der Waals surface area contributed by atoms with Crippen molar-refractivity contribution in [2.45, 2.75) is 31.6 Å². The van der Waals surface area contributed by atoms with E-state index in [0.29, 0.717) is 17.5 Å². The SMILES string of the molecule is O=C(NCC1CCC(c2ccccc2)CC1)c1cscn1. The Balaban J connectivity index is 1.45. The third-order valence-electron chi connectivity index (χ3n) is 4.33. The van der Waals surface area contributed by atoms with Crippen molar-refractivity contribution in [2.24, 2.45) is 5.92 Å². The molecule has 0 saturated heterocycles. The summed E-state index contributed by atoms with van der Waals surface area (Å²) in [6, 6.07) is 10.8. The zero-order valence-corrected chi connectivity index (χ0v) is 12.8. The van der Waals surface area contributed by atoms with E-state index in [2.05, 4.69) is 40.6 Å². The zero-order chi connectivity index (χ0) is 14.5. The molecule has 0 bridgehead atoms. The summed E-state index contributed by atoms with van der Waals surface area (Å²) in [5.41, 5.74) is 3.69. The van der Waals surface area contributed by atoms with Crippen molar-refractivity contribution in [3.8, 4) is 0 Å². The fraction of sp³-hybridized carbons (Fsp3) is 0.412. The Morgan fingerprint density at radius 2 is 1.95 bits per heavy atom. The van der Waals surface area contributed by atoms with Crippen LogP contribution in [0.25, 0.3) is 0 Å². The normalized spacial score (nSPS) is 21.9. The maximum Gasteiger partial charge on any atom is 0.270 e. The zero-order valence-electron chi connectivity index (χ0n) is 12.0. The molecule has 0 unspecified atom stereocenters. The molecule has 1 aromatic heterocycles. The van der Waals surface area contributed by atoms with Crippen molar-refractivity contribution in [3.05, 3.63) is 52.5 Å². The largest absolute Gasteiger partial charge is 0.350 e. The number of nitrogens with zero attached hydrogens (tertiary/aromatic N) is 1. The molecule has 4 heteroatoms. The third kappa shape index (κ3) is 3.70. The van der Waals surface area contributed by atoms with Crippen LogP contribution < -0.4 is 5.32 Å². The molecule has 3 rings (SSSR count). The van der Waals surface area contributed by atoms with Crippen LogP contribution in [0, 0.1) is 5.92 Å². The van der Waals surface area contributed by atoms with Crippen LogP contribution in [0.5, 0.6) is 0 Å². The van der Waals surface area contributed by atoms with Crippen molar-refractivity contribution in [3.63, 3.8) is 0 Å². The fourth-order valence-corrected chi connectivity index (χ4v) is 3.61. The summed E-state index contributed by atoms with van der Waals surface area (Å²) < 4.78 is 0. The molecule has 1 aliphatic rings. The highest BCUT2D eigenvalue weighted by atomic mass is 32.1. The summed E-state index contributed by atoms with van der Waals surface area (Å²) in [4.78, 5) is 15.9. The first kappa shape index (κ1) is 14.3. The van der Waals surface area contributed by atoms with Crippen LogP contribution in [-0.4, -0.2) is 17.4 Å². The molecule has 1 saturated carbocycles. The molecule has 21 heavy (non-hydrogen) atoms. The number of aromatic nitrogens is 1. The number of hydrogen-bond donors (Lipinski definition) is 1. The molecule has 3 nitrogen and oxygen atoms in total. The van der Waals surface area contributed by atoms with E-state index < -0.39 is 0 Å². The lowest BCUT2D eigenvalue weighted by molar-refractivity contribution is 0.0938. The van der Waals surface area contributed by atoms with Crippen LogP contribution >= 0.6 is 11.3 Å². The van der Waals surface area contributed by atoms with Gasteiger partial charge in [0.25, 0.3) is 5.91 Å². The summed E-state index contributed by atoms with van der Waals surface area (Å²) in [6.07, 6.45) is 4.83. The van der Waals surface area contributed by atoms with Gasteiger partial charge in [-0.15, -0.1) is 11.3 Å². The molecule has 1 fully saturated rings. The second-order valence-electron chi connectivity index (χ2n) is 5.71. The predicted octanol–water partition coefficient (Wildman–Crippen LogP) is 3.85. The van der Waals surface area contributed by atoms with Gasteiger partial charge in [-0.25, -0.2) is 4.98 Å². The Bertz CT molecular complexity index is 560. The Labute approximate surface area is 129 Å². The molecule has 1 heterocycles. The van der Waals surface area contributed by atoms with E-state index in [9.17, 15) is 4.79 Å². The monoisotopic (exact) mass is 300 g/mol. The molecule has 0 spiro atoms. The Morgan fingerprint density at radius 1 is 1.19 bits per heavy atom. The van der Waals surface area contributed by atoms with Gasteiger partial charge in [0.1, 0.15) is 5.69 Å². The van der Waals surface area contributed by atoms with Crippen molar-refractivity contribution in [1.29, 1.82) is 0 Å². The number of amides is 1. The number of carbonyl (C=O) groups excluding carboxylic acids is 1. The van der Waals surface area contributed by atoms with Gasteiger partial charge in [-0.3, -0.25) is 4.79 Å². The van der Waals surface area contributed by atoms with E-state index in [1.807, 2.05) is 0 Å². The molecule has 1 aliphatic carbocycles. The molecule has 1 amide bonds. The van der Waals surface area contributed by atoms with Crippen LogP contribution in [-0.2, 0) is 0 Å². The predicted molar refractivity (Wildman–Crippen MR) is 85.6 cm³/mol. The minimum absolute atomic E-state index is 0.0403. The minimum atomic E-state index is -0.0403. The van der Waals surface area contributed by atoms with Gasteiger partial charge in [0.05, 0.1) is 5.51 Å². The lowest BCUT2D eigenvalue weighted by atomic mass is 9.79. The highest BCUT2D eigenvalue weighted by Crippen LogP contribution is 2.35. The number of rotatable bonds is 4. The standard InChI is InChI=1S/C17H20N2OS/c20-17(16-11-21-12-19-16)18-10-13-6-8-15(9-7-13)14-4-2-1-3-5-14/h1-5,11-13,15H,6-10H2,(H,18,20). The second kappa shape index (κ2) is 6.85.